The monoisotopic (exact) mass is 269 g/mol. The van der Waals surface area contributed by atoms with Crippen LogP contribution in [-0.4, -0.2) is 18.6 Å². The average molecular weight is 269 g/mol. The smallest absolute Gasteiger partial charge is 0.136 e. The highest BCUT2D eigenvalue weighted by Crippen LogP contribution is 2.29. The maximum atomic E-state index is 5.79. The highest BCUT2D eigenvalue weighted by molar-refractivity contribution is 5.92. The van der Waals surface area contributed by atoms with Crippen LogP contribution in [0, 0.1) is 5.92 Å². The standard InChI is InChI=1S/C17H23N3/c1-20(12-13-6-2-3-7-13)17-16-9-5-4-8-14(16)10-15(11-18)19-17/h4-5,8-10,13H,2-3,6-7,11-12,18H2,1H3. The number of hydrogen-bond donors (Lipinski definition) is 1. The maximum absolute atomic E-state index is 5.79. The second-order valence-corrected chi connectivity index (χ2v) is 5.89. The molecule has 3 nitrogen and oxygen atoms in total. The van der Waals surface area contributed by atoms with Gasteiger partial charge in [-0.3, -0.25) is 0 Å². The molecule has 1 aliphatic carbocycles. The van der Waals surface area contributed by atoms with Crippen LogP contribution in [0.15, 0.2) is 30.3 Å². The van der Waals surface area contributed by atoms with Crippen LogP contribution in [0.3, 0.4) is 0 Å². The molecular weight excluding hydrogens is 246 g/mol. The normalized spacial score (nSPS) is 15.9. The van der Waals surface area contributed by atoms with E-state index in [2.05, 4.69) is 42.3 Å². The lowest BCUT2D eigenvalue weighted by Crippen LogP contribution is -2.25. The Balaban J connectivity index is 1.95. The largest absolute Gasteiger partial charge is 0.359 e. The minimum atomic E-state index is 0.495. The lowest BCUT2D eigenvalue weighted by molar-refractivity contribution is 0.545. The minimum Gasteiger partial charge on any atom is -0.359 e. The van der Waals surface area contributed by atoms with Crippen molar-refractivity contribution in [2.45, 2.75) is 32.2 Å². The van der Waals surface area contributed by atoms with E-state index in [-0.39, 0.29) is 0 Å². The van der Waals surface area contributed by atoms with Gasteiger partial charge >= 0.3 is 0 Å². The highest BCUT2D eigenvalue weighted by atomic mass is 15.2. The first-order valence-corrected chi connectivity index (χ1v) is 7.58. The van der Waals surface area contributed by atoms with Crippen LogP contribution in [-0.2, 0) is 6.54 Å². The topological polar surface area (TPSA) is 42.2 Å². The Hall–Kier alpha value is -1.61. The van der Waals surface area contributed by atoms with Crippen LogP contribution in [0.25, 0.3) is 10.8 Å². The number of benzene rings is 1. The highest BCUT2D eigenvalue weighted by Gasteiger charge is 2.18. The number of nitrogens with zero attached hydrogens (tertiary/aromatic N) is 2. The van der Waals surface area contributed by atoms with Crippen LogP contribution in [0.1, 0.15) is 31.4 Å². The van der Waals surface area contributed by atoms with Crippen molar-refractivity contribution in [3.8, 4) is 0 Å². The van der Waals surface area contributed by atoms with E-state index in [1.165, 1.54) is 36.5 Å². The number of pyridine rings is 1. The Morgan fingerprint density at radius 1 is 1.25 bits per heavy atom. The van der Waals surface area contributed by atoms with Crippen LogP contribution >= 0.6 is 0 Å². The number of hydrogen-bond acceptors (Lipinski definition) is 3. The van der Waals surface area contributed by atoms with E-state index in [1.54, 1.807) is 0 Å². The van der Waals surface area contributed by atoms with Crippen molar-refractivity contribution in [3.05, 3.63) is 36.0 Å². The average Bonchev–Trinajstić information content (AvgIpc) is 2.98. The fourth-order valence-electron chi connectivity index (χ4n) is 3.30. The van der Waals surface area contributed by atoms with Gasteiger partial charge in [0.05, 0.1) is 5.69 Å². The zero-order chi connectivity index (χ0) is 13.9. The van der Waals surface area contributed by atoms with E-state index in [1.807, 2.05) is 0 Å². The summed E-state index contributed by atoms with van der Waals surface area (Å²) < 4.78 is 0. The first-order chi connectivity index (χ1) is 9.78. The zero-order valence-electron chi connectivity index (χ0n) is 12.2. The quantitative estimate of drug-likeness (QED) is 0.926. The van der Waals surface area contributed by atoms with Crippen molar-refractivity contribution >= 4 is 16.6 Å². The molecule has 0 radical (unpaired) electrons. The maximum Gasteiger partial charge on any atom is 0.136 e. The van der Waals surface area contributed by atoms with Gasteiger partial charge < -0.3 is 10.6 Å². The molecule has 0 atom stereocenters. The number of anilines is 1. The first kappa shape index (κ1) is 13.4. The van der Waals surface area contributed by atoms with Crippen molar-refractivity contribution in [2.75, 3.05) is 18.5 Å². The molecule has 3 heteroatoms. The van der Waals surface area contributed by atoms with Gasteiger partial charge in [0.25, 0.3) is 0 Å². The molecule has 1 aromatic heterocycles. The number of rotatable bonds is 4. The van der Waals surface area contributed by atoms with E-state index in [0.29, 0.717) is 6.54 Å². The summed E-state index contributed by atoms with van der Waals surface area (Å²) in [5, 5.41) is 2.46. The van der Waals surface area contributed by atoms with Gasteiger partial charge in [-0.05, 0) is 30.2 Å². The molecule has 0 spiro atoms. The summed E-state index contributed by atoms with van der Waals surface area (Å²) in [5.74, 6) is 1.90. The van der Waals surface area contributed by atoms with Crippen LogP contribution in [0.4, 0.5) is 5.82 Å². The Morgan fingerprint density at radius 3 is 2.75 bits per heavy atom. The molecule has 0 unspecified atom stereocenters. The SMILES string of the molecule is CN(CC1CCCC1)c1nc(CN)cc2ccccc12. The summed E-state index contributed by atoms with van der Waals surface area (Å²) in [6.45, 7) is 1.60. The van der Waals surface area contributed by atoms with E-state index in [4.69, 9.17) is 10.7 Å². The Bertz CT molecular complexity index is 588. The summed E-state index contributed by atoms with van der Waals surface area (Å²) in [4.78, 5) is 7.08. The van der Waals surface area contributed by atoms with E-state index in [9.17, 15) is 0 Å². The number of nitrogens with two attached hydrogens (primary N) is 1. The van der Waals surface area contributed by atoms with E-state index < -0.39 is 0 Å². The molecular formula is C17H23N3. The van der Waals surface area contributed by atoms with Gasteiger partial charge in [-0.1, -0.05) is 37.1 Å². The molecule has 1 heterocycles. The summed E-state index contributed by atoms with van der Waals surface area (Å²) in [6.07, 6.45) is 5.49. The molecule has 1 fully saturated rings. The lowest BCUT2D eigenvalue weighted by atomic mass is 10.1. The fourth-order valence-corrected chi connectivity index (χ4v) is 3.30. The summed E-state index contributed by atoms with van der Waals surface area (Å²) in [7, 11) is 2.16. The molecule has 3 rings (SSSR count). The molecule has 1 aromatic carbocycles. The molecule has 0 aliphatic heterocycles. The third-order valence-electron chi connectivity index (χ3n) is 4.35. The molecule has 20 heavy (non-hydrogen) atoms. The summed E-state index contributed by atoms with van der Waals surface area (Å²) >= 11 is 0. The third-order valence-corrected chi connectivity index (χ3v) is 4.35. The predicted octanol–water partition coefficient (Wildman–Crippen LogP) is 3.32. The predicted molar refractivity (Wildman–Crippen MR) is 84.9 cm³/mol. The van der Waals surface area contributed by atoms with Gasteiger partial charge in [0.2, 0.25) is 0 Å². The third kappa shape index (κ3) is 2.63. The van der Waals surface area contributed by atoms with Crippen molar-refractivity contribution < 1.29 is 0 Å². The Labute approximate surface area is 120 Å². The number of aromatic nitrogens is 1. The van der Waals surface area contributed by atoms with Crippen LogP contribution in [0.5, 0.6) is 0 Å². The number of fused-ring (bicyclic) bond motifs is 1. The summed E-state index contributed by atoms with van der Waals surface area (Å²) in [6, 6.07) is 10.6. The van der Waals surface area contributed by atoms with Crippen molar-refractivity contribution in [1.29, 1.82) is 0 Å². The van der Waals surface area contributed by atoms with Crippen molar-refractivity contribution in [3.63, 3.8) is 0 Å². The Kier molecular flexibility index (Phi) is 3.88. The van der Waals surface area contributed by atoms with Crippen LogP contribution < -0.4 is 10.6 Å². The minimum absolute atomic E-state index is 0.495. The van der Waals surface area contributed by atoms with Crippen molar-refractivity contribution in [1.82, 2.24) is 4.98 Å². The second kappa shape index (κ2) is 5.80. The molecule has 1 saturated carbocycles. The van der Waals surface area contributed by atoms with Gasteiger partial charge in [-0.2, -0.15) is 0 Å². The lowest BCUT2D eigenvalue weighted by Gasteiger charge is -2.24. The van der Waals surface area contributed by atoms with E-state index in [0.717, 1.165) is 24.0 Å². The van der Waals surface area contributed by atoms with Gasteiger partial charge in [0.15, 0.2) is 0 Å². The zero-order valence-corrected chi connectivity index (χ0v) is 12.2. The molecule has 0 bridgehead atoms. The molecule has 0 amide bonds. The van der Waals surface area contributed by atoms with Crippen molar-refractivity contribution in [2.24, 2.45) is 11.7 Å². The van der Waals surface area contributed by atoms with Gasteiger partial charge in [-0.15, -0.1) is 0 Å². The second-order valence-electron chi connectivity index (χ2n) is 5.89. The van der Waals surface area contributed by atoms with Gasteiger partial charge in [0, 0.05) is 25.5 Å². The van der Waals surface area contributed by atoms with Gasteiger partial charge in [-0.25, -0.2) is 4.98 Å². The molecule has 2 aromatic rings. The molecule has 1 aliphatic rings. The Morgan fingerprint density at radius 2 is 2.00 bits per heavy atom. The molecule has 0 saturated heterocycles. The first-order valence-electron chi connectivity index (χ1n) is 7.58. The van der Waals surface area contributed by atoms with Gasteiger partial charge in [0.1, 0.15) is 5.82 Å². The molecule has 2 N–H and O–H groups in total. The summed E-state index contributed by atoms with van der Waals surface area (Å²) in [5.41, 5.74) is 6.76. The van der Waals surface area contributed by atoms with E-state index >= 15 is 0 Å². The fraction of sp³-hybridized carbons (Fsp3) is 0.471. The molecule has 106 valence electrons. The van der Waals surface area contributed by atoms with Crippen LogP contribution in [0.2, 0.25) is 0 Å².